The van der Waals surface area contributed by atoms with Crippen molar-refractivity contribution >= 4 is 33.2 Å². The van der Waals surface area contributed by atoms with Crippen LogP contribution in [0.25, 0.3) is 0 Å². The third-order valence-corrected chi connectivity index (χ3v) is 5.18. The minimum absolute atomic E-state index is 0.0906. The Morgan fingerprint density at radius 1 is 1.12 bits per heavy atom. The molecule has 0 saturated carbocycles. The predicted molar refractivity (Wildman–Crippen MR) is 91.8 cm³/mol. The molecule has 26 heavy (non-hydrogen) atoms. The summed E-state index contributed by atoms with van der Waals surface area (Å²) in [6.45, 7) is 0.176. The molecule has 0 spiro atoms. The van der Waals surface area contributed by atoms with Gasteiger partial charge in [-0.2, -0.15) is 13.2 Å². The van der Waals surface area contributed by atoms with E-state index in [2.05, 4.69) is 4.72 Å². The lowest BCUT2D eigenvalue weighted by molar-refractivity contribution is -0.123. The smallest absolute Gasteiger partial charge is 0.343 e. The highest BCUT2D eigenvalue weighted by Crippen LogP contribution is 2.25. The van der Waals surface area contributed by atoms with Gasteiger partial charge in [0.2, 0.25) is 0 Å². The Balaban J connectivity index is 2.16. The average Bonchev–Trinajstić information content (AvgIpc) is 2.56. The Morgan fingerprint density at radius 2 is 1.73 bits per heavy atom. The molecule has 0 aromatic heterocycles. The van der Waals surface area contributed by atoms with Crippen molar-refractivity contribution < 1.29 is 26.4 Å². The SMILES string of the molecule is Cc1c(Cl)cccc1NS(=O)(=O)c1ccc(C(=O)NCC(F)(F)F)cc1. The van der Waals surface area contributed by atoms with Crippen LogP contribution >= 0.6 is 11.6 Å². The van der Waals surface area contributed by atoms with Crippen LogP contribution in [0.2, 0.25) is 5.02 Å². The van der Waals surface area contributed by atoms with E-state index in [0.29, 0.717) is 16.3 Å². The fourth-order valence-corrected chi connectivity index (χ4v) is 3.29. The first-order chi connectivity index (χ1) is 12.0. The lowest BCUT2D eigenvalue weighted by atomic mass is 10.2. The molecule has 140 valence electrons. The van der Waals surface area contributed by atoms with Crippen LogP contribution in [-0.4, -0.2) is 27.0 Å². The number of carbonyl (C=O) groups excluding carboxylic acids is 1. The summed E-state index contributed by atoms with van der Waals surface area (Å²) in [5, 5.41) is 2.10. The summed E-state index contributed by atoms with van der Waals surface area (Å²) in [6, 6.07) is 9.26. The maximum atomic E-state index is 12.4. The second kappa shape index (κ2) is 7.55. The topological polar surface area (TPSA) is 75.3 Å². The molecule has 2 rings (SSSR count). The predicted octanol–water partition coefficient (Wildman–Crippen LogP) is 3.74. The van der Waals surface area contributed by atoms with Gasteiger partial charge in [0.15, 0.2) is 0 Å². The van der Waals surface area contributed by atoms with Crippen molar-refractivity contribution in [2.75, 3.05) is 11.3 Å². The van der Waals surface area contributed by atoms with Crippen LogP contribution in [-0.2, 0) is 10.0 Å². The molecule has 0 bridgehead atoms. The molecule has 0 heterocycles. The third-order valence-electron chi connectivity index (χ3n) is 3.39. The first-order valence-corrected chi connectivity index (χ1v) is 9.09. The fourth-order valence-electron chi connectivity index (χ4n) is 1.99. The standard InChI is InChI=1S/C16H14ClF3N2O3S/c1-10-13(17)3-2-4-14(10)22-26(24,25)12-7-5-11(6-8-12)15(23)21-9-16(18,19)20/h2-8,22H,9H2,1H3,(H,21,23). The molecule has 0 fully saturated rings. The normalized spacial score (nSPS) is 11.9. The molecule has 0 aliphatic carbocycles. The number of benzene rings is 2. The summed E-state index contributed by atoms with van der Waals surface area (Å²) >= 11 is 5.95. The van der Waals surface area contributed by atoms with Crippen molar-refractivity contribution in [3.8, 4) is 0 Å². The molecule has 5 nitrogen and oxygen atoms in total. The Bertz CT molecular complexity index is 913. The minimum atomic E-state index is -4.53. The van der Waals surface area contributed by atoms with Crippen LogP contribution in [0.4, 0.5) is 18.9 Å². The zero-order valence-corrected chi connectivity index (χ0v) is 15.0. The van der Waals surface area contributed by atoms with Crippen LogP contribution < -0.4 is 10.0 Å². The maximum absolute atomic E-state index is 12.4. The first kappa shape index (κ1) is 20.1. The van der Waals surface area contributed by atoms with E-state index in [9.17, 15) is 26.4 Å². The largest absolute Gasteiger partial charge is 0.405 e. The van der Waals surface area contributed by atoms with Gasteiger partial charge >= 0.3 is 6.18 Å². The van der Waals surface area contributed by atoms with E-state index >= 15 is 0 Å². The maximum Gasteiger partial charge on any atom is 0.405 e. The van der Waals surface area contributed by atoms with E-state index in [4.69, 9.17) is 11.6 Å². The van der Waals surface area contributed by atoms with Crippen molar-refractivity contribution in [2.24, 2.45) is 0 Å². The summed E-state index contributed by atoms with van der Waals surface area (Å²) in [5.41, 5.74) is 0.748. The van der Waals surface area contributed by atoms with E-state index in [1.54, 1.807) is 24.4 Å². The molecule has 0 aliphatic rings. The molecule has 2 aromatic carbocycles. The fraction of sp³-hybridized carbons (Fsp3) is 0.188. The minimum Gasteiger partial charge on any atom is -0.343 e. The first-order valence-electron chi connectivity index (χ1n) is 7.22. The van der Waals surface area contributed by atoms with E-state index in [-0.39, 0.29) is 10.5 Å². The van der Waals surface area contributed by atoms with Gasteiger partial charge in [0.1, 0.15) is 6.54 Å². The molecule has 2 aromatic rings. The second-order valence-corrected chi connectivity index (χ2v) is 7.43. The summed E-state index contributed by atoms with van der Waals surface area (Å²) in [4.78, 5) is 11.5. The van der Waals surface area contributed by atoms with Crippen molar-refractivity contribution in [3.63, 3.8) is 0 Å². The van der Waals surface area contributed by atoms with Crippen molar-refractivity contribution in [1.82, 2.24) is 5.32 Å². The van der Waals surface area contributed by atoms with E-state index < -0.39 is 28.7 Å². The molecular formula is C16H14ClF3N2O3S. The number of nitrogens with one attached hydrogen (secondary N) is 2. The highest BCUT2D eigenvalue weighted by molar-refractivity contribution is 7.92. The summed E-state index contributed by atoms with van der Waals surface area (Å²) in [5.74, 6) is -0.954. The second-order valence-electron chi connectivity index (χ2n) is 5.34. The molecule has 10 heteroatoms. The van der Waals surface area contributed by atoms with Gasteiger partial charge in [0, 0.05) is 10.6 Å². The van der Waals surface area contributed by atoms with E-state index in [0.717, 1.165) is 24.3 Å². The zero-order valence-electron chi connectivity index (χ0n) is 13.4. The summed E-state index contributed by atoms with van der Waals surface area (Å²) in [6.07, 6.45) is -4.53. The number of rotatable bonds is 5. The summed E-state index contributed by atoms with van der Waals surface area (Å²) < 4.78 is 63.5. The molecule has 0 saturated heterocycles. The van der Waals surface area contributed by atoms with Gasteiger partial charge in [-0.25, -0.2) is 8.42 Å². The number of anilines is 1. The number of amides is 1. The van der Waals surface area contributed by atoms with Crippen LogP contribution in [0.3, 0.4) is 0 Å². The number of hydrogen-bond donors (Lipinski definition) is 2. The lowest BCUT2D eigenvalue weighted by Crippen LogP contribution is -2.33. The molecule has 0 unspecified atom stereocenters. The van der Waals surface area contributed by atoms with E-state index in [1.807, 2.05) is 0 Å². The number of alkyl halides is 3. The van der Waals surface area contributed by atoms with Gasteiger partial charge in [0.25, 0.3) is 15.9 Å². The van der Waals surface area contributed by atoms with Gasteiger partial charge in [0.05, 0.1) is 10.6 Å². The lowest BCUT2D eigenvalue weighted by Gasteiger charge is -2.12. The van der Waals surface area contributed by atoms with Crippen LogP contribution in [0, 0.1) is 6.92 Å². The molecule has 0 aliphatic heterocycles. The quantitative estimate of drug-likeness (QED) is 0.794. The van der Waals surface area contributed by atoms with Gasteiger partial charge in [-0.3, -0.25) is 9.52 Å². The highest BCUT2D eigenvalue weighted by Gasteiger charge is 2.28. The van der Waals surface area contributed by atoms with Gasteiger partial charge in [-0.1, -0.05) is 17.7 Å². The highest BCUT2D eigenvalue weighted by atomic mass is 35.5. The van der Waals surface area contributed by atoms with Crippen LogP contribution in [0.5, 0.6) is 0 Å². The number of hydrogen-bond acceptors (Lipinski definition) is 3. The van der Waals surface area contributed by atoms with Crippen LogP contribution in [0.15, 0.2) is 47.4 Å². The Labute approximate surface area is 153 Å². The number of carbonyl (C=O) groups is 1. The number of sulfonamides is 1. The van der Waals surface area contributed by atoms with Gasteiger partial charge in [-0.05, 0) is 48.9 Å². The van der Waals surface area contributed by atoms with Crippen molar-refractivity contribution in [3.05, 3.63) is 58.6 Å². The Morgan fingerprint density at radius 3 is 2.31 bits per heavy atom. The Hall–Kier alpha value is -2.26. The monoisotopic (exact) mass is 406 g/mol. The third kappa shape index (κ3) is 5.12. The van der Waals surface area contributed by atoms with Crippen molar-refractivity contribution in [1.29, 1.82) is 0 Å². The van der Waals surface area contributed by atoms with Crippen LogP contribution in [0.1, 0.15) is 15.9 Å². The molecule has 1 amide bonds. The van der Waals surface area contributed by atoms with E-state index in [1.165, 1.54) is 6.07 Å². The van der Waals surface area contributed by atoms with Crippen molar-refractivity contribution in [2.45, 2.75) is 18.0 Å². The summed E-state index contributed by atoms with van der Waals surface area (Å²) in [7, 11) is -3.95. The molecule has 2 N–H and O–H groups in total. The average molecular weight is 407 g/mol. The zero-order chi connectivity index (χ0) is 19.5. The molecule has 0 radical (unpaired) electrons. The van der Waals surface area contributed by atoms with Gasteiger partial charge in [-0.15, -0.1) is 0 Å². The molecule has 0 atom stereocenters. The Kier molecular flexibility index (Phi) is 5.82. The van der Waals surface area contributed by atoms with Gasteiger partial charge < -0.3 is 5.32 Å². The number of halogens is 4. The molecular weight excluding hydrogens is 393 g/mol.